The van der Waals surface area contributed by atoms with Crippen LogP contribution in [0.5, 0.6) is 5.75 Å². The molecule has 2 nitrogen and oxygen atoms in total. The predicted octanol–water partition coefficient (Wildman–Crippen LogP) is 3.24. The fourth-order valence-corrected chi connectivity index (χ4v) is 1.73. The Hall–Kier alpha value is -2.09. The minimum Gasteiger partial charge on any atom is -0.507 e. The van der Waals surface area contributed by atoms with Gasteiger partial charge >= 0.3 is 0 Å². The smallest absolute Gasteiger partial charge is 0.196 e. The Kier molecular flexibility index (Phi) is 2.96. The van der Waals surface area contributed by atoms with Gasteiger partial charge in [-0.1, -0.05) is 30.3 Å². The quantitative estimate of drug-likeness (QED) is 0.798. The number of ketones is 1. The van der Waals surface area contributed by atoms with E-state index in [0.717, 1.165) is 11.1 Å². The van der Waals surface area contributed by atoms with Crippen molar-refractivity contribution in [1.29, 1.82) is 0 Å². The van der Waals surface area contributed by atoms with Crippen molar-refractivity contribution in [3.63, 3.8) is 0 Å². The zero-order valence-corrected chi connectivity index (χ0v) is 9.90. The molecule has 0 amide bonds. The normalized spacial score (nSPS) is 10.2. The summed E-state index contributed by atoms with van der Waals surface area (Å²) in [6.07, 6.45) is 0. The van der Waals surface area contributed by atoms with Crippen LogP contribution in [0, 0.1) is 13.8 Å². The van der Waals surface area contributed by atoms with Gasteiger partial charge in [-0.3, -0.25) is 4.79 Å². The number of aromatic hydroxyl groups is 1. The molecule has 0 aromatic heterocycles. The molecule has 0 saturated carbocycles. The zero-order chi connectivity index (χ0) is 12.4. The molecule has 0 atom stereocenters. The molecule has 0 bridgehead atoms. The van der Waals surface area contributed by atoms with Gasteiger partial charge in [0.1, 0.15) is 5.75 Å². The van der Waals surface area contributed by atoms with E-state index in [9.17, 15) is 9.90 Å². The van der Waals surface area contributed by atoms with E-state index in [1.165, 1.54) is 0 Å². The lowest BCUT2D eigenvalue weighted by atomic mass is 9.98. The molecule has 2 aromatic carbocycles. The van der Waals surface area contributed by atoms with Gasteiger partial charge in [-0.25, -0.2) is 0 Å². The van der Waals surface area contributed by atoms with Crippen molar-refractivity contribution in [2.24, 2.45) is 0 Å². The van der Waals surface area contributed by atoms with Crippen LogP contribution in [0.1, 0.15) is 27.0 Å². The molecule has 2 rings (SSSR count). The molecular formula is C15H14O2. The predicted molar refractivity (Wildman–Crippen MR) is 67.5 cm³/mol. The van der Waals surface area contributed by atoms with Gasteiger partial charge in [0.2, 0.25) is 0 Å². The molecule has 0 unspecified atom stereocenters. The molecule has 0 spiro atoms. The fourth-order valence-electron chi connectivity index (χ4n) is 1.73. The molecule has 17 heavy (non-hydrogen) atoms. The van der Waals surface area contributed by atoms with Gasteiger partial charge in [-0.15, -0.1) is 0 Å². The van der Waals surface area contributed by atoms with E-state index in [0.29, 0.717) is 11.1 Å². The van der Waals surface area contributed by atoms with Crippen LogP contribution in [0.25, 0.3) is 0 Å². The average molecular weight is 226 g/mol. The zero-order valence-electron chi connectivity index (χ0n) is 9.90. The standard InChI is InChI=1S/C15H14O2/c1-10-8-13(14(16)9-11(10)2)15(17)12-6-4-3-5-7-12/h3-9,16H,1-2H3. The molecule has 0 aliphatic rings. The summed E-state index contributed by atoms with van der Waals surface area (Å²) in [5.74, 6) is -0.104. The number of phenols is 1. The lowest BCUT2D eigenvalue weighted by Crippen LogP contribution is -2.02. The van der Waals surface area contributed by atoms with Crippen LogP contribution in [0.4, 0.5) is 0 Å². The number of phenolic OH excluding ortho intramolecular Hbond substituents is 1. The van der Waals surface area contributed by atoms with Crippen molar-refractivity contribution in [2.45, 2.75) is 13.8 Å². The van der Waals surface area contributed by atoms with E-state index < -0.39 is 0 Å². The van der Waals surface area contributed by atoms with Crippen LogP contribution in [-0.2, 0) is 0 Å². The summed E-state index contributed by atoms with van der Waals surface area (Å²) in [4.78, 5) is 12.2. The van der Waals surface area contributed by atoms with E-state index in [1.54, 1.807) is 24.3 Å². The first-order valence-electron chi connectivity index (χ1n) is 5.49. The Morgan fingerprint density at radius 3 is 2.24 bits per heavy atom. The van der Waals surface area contributed by atoms with Crippen molar-refractivity contribution < 1.29 is 9.90 Å². The van der Waals surface area contributed by atoms with E-state index in [-0.39, 0.29) is 11.5 Å². The summed E-state index contributed by atoms with van der Waals surface area (Å²) >= 11 is 0. The maximum atomic E-state index is 12.2. The molecule has 0 radical (unpaired) electrons. The Bertz CT molecular complexity index is 557. The van der Waals surface area contributed by atoms with Crippen LogP contribution < -0.4 is 0 Å². The summed E-state index contributed by atoms with van der Waals surface area (Å²) in [5.41, 5.74) is 2.93. The Labute approximate surface area is 101 Å². The molecule has 0 fully saturated rings. The molecule has 0 aliphatic carbocycles. The van der Waals surface area contributed by atoms with E-state index in [2.05, 4.69) is 0 Å². The van der Waals surface area contributed by atoms with Crippen LogP contribution in [0.2, 0.25) is 0 Å². The first-order chi connectivity index (χ1) is 8.09. The van der Waals surface area contributed by atoms with Gasteiger partial charge in [0.25, 0.3) is 0 Å². The minimum absolute atomic E-state index is 0.0435. The number of carbonyl (C=O) groups is 1. The molecular weight excluding hydrogens is 212 g/mol. The van der Waals surface area contributed by atoms with Gasteiger partial charge in [0.15, 0.2) is 5.78 Å². The number of hydrogen-bond acceptors (Lipinski definition) is 2. The van der Waals surface area contributed by atoms with Gasteiger partial charge in [0, 0.05) is 5.56 Å². The van der Waals surface area contributed by atoms with Crippen molar-refractivity contribution in [1.82, 2.24) is 0 Å². The largest absolute Gasteiger partial charge is 0.507 e. The first kappa shape index (κ1) is 11.4. The monoisotopic (exact) mass is 226 g/mol. The summed E-state index contributed by atoms with van der Waals surface area (Å²) in [7, 11) is 0. The second-order valence-corrected chi connectivity index (χ2v) is 4.15. The van der Waals surface area contributed by atoms with Crippen LogP contribution in [0.3, 0.4) is 0 Å². The summed E-state index contributed by atoms with van der Waals surface area (Å²) in [6.45, 7) is 3.84. The lowest BCUT2D eigenvalue weighted by Gasteiger charge is -2.07. The lowest BCUT2D eigenvalue weighted by molar-refractivity contribution is 0.103. The number of hydrogen-bond donors (Lipinski definition) is 1. The van der Waals surface area contributed by atoms with Crippen LogP contribution in [0.15, 0.2) is 42.5 Å². The Morgan fingerprint density at radius 2 is 1.59 bits per heavy atom. The minimum atomic E-state index is -0.147. The molecule has 0 saturated heterocycles. The van der Waals surface area contributed by atoms with Crippen molar-refractivity contribution in [3.8, 4) is 5.75 Å². The number of rotatable bonds is 2. The second-order valence-electron chi connectivity index (χ2n) is 4.15. The van der Waals surface area contributed by atoms with Gasteiger partial charge in [-0.2, -0.15) is 0 Å². The number of carbonyl (C=O) groups excluding carboxylic acids is 1. The topological polar surface area (TPSA) is 37.3 Å². The van der Waals surface area contributed by atoms with E-state index in [1.807, 2.05) is 32.0 Å². The van der Waals surface area contributed by atoms with Gasteiger partial charge < -0.3 is 5.11 Å². The molecule has 0 aliphatic heterocycles. The molecule has 86 valence electrons. The maximum Gasteiger partial charge on any atom is 0.196 e. The summed E-state index contributed by atoms with van der Waals surface area (Å²) in [6, 6.07) is 12.3. The Morgan fingerprint density at radius 1 is 1.00 bits per heavy atom. The Balaban J connectivity index is 2.48. The summed E-state index contributed by atoms with van der Waals surface area (Å²) < 4.78 is 0. The molecule has 2 heteroatoms. The van der Waals surface area contributed by atoms with E-state index in [4.69, 9.17) is 0 Å². The van der Waals surface area contributed by atoms with Crippen LogP contribution in [-0.4, -0.2) is 10.9 Å². The average Bonchev–Trinajstić information content (AvgIpc) is 2.34. The molecule has 0 heterocycles. The highest BCUT2D eigenvalue weighted by molar-refractivity contribution is 6.10. The maximum absolute atomic E-state index is 12.2. The van der Waals surface area contributed by atoms with E-state index >= 15 is 0 Å². The van der Waals surface area contributed by atoms with Crippen LogP contribution >= 0.6 is 0 Å². The van der Waals surface area contributed by atoms with Crippen molar-refractivity contribution >= 4 is 5.78 Å². The highest BCUT2D eigenvalue weighted by atomic mass is 16.3. The SMILES string of the molecule is Cc1cc(O)c(C(=O)c2ccccc2)cc1C. The first-order valence-corrected chi connectivity index (χ1v) is 5.49. The highest BCUT2D eigenvalue weighted by Gasteiger charge is 2.14. The summed E-state index contributed by atoms with van der Waals surface area (Å²) in [5, 5.41) is 9.83. The fraction of sp³-hybridized carbons (Fsp3) is 0.133. The number of benzene rings is 2. The second kappa shape index (κ2) is 4.42. The molecule has 1 N–H and O–H groups in total. The van der Waals surface area contributed by atoms with Gasteiger partial charge in [-0.05, 0) is 37.1 Å². The molecule has 2 aromatic rings. The van der Waals surface area contributed by atoms with Crippen molar-refractivity contribution in [3.05, 3.63) is 64.7 Å². The van der Waals surface area contributed by atoms with Crippen molar-refractivity contribution in [2.75, 3.05) is 0 Å². The van der Waals surface area contributed by atoms with Gasteiger partial charge in [0.05, 0.1) is 5.56 Å². The third-order valence-electron chi connectivity index (χ3n) is 2.89. The third-order valence-corrected chi connectivity index (χ3v) is 2.89. The highest BCUT2D eigenvalue weighted by Crippen LogP contribution is 2.24. The number of aryl methyl sites for hydroxylation is 2. The third kappa shape index (κ3) is 2.21.